The van der Waals surface area contributed by atoms with Gasteiger partial charge in [0.15, 0.2) is 0 Å². The third kappa shape index (κ3) is 3.27. The molecular formula is C14H19F2NO. The molecule has 2 nitrogen and oxygen atoms in total. The zero-order valence-corrected chi connectivity index (χ0v) is 10.4. The first-order valence-electron chi connectivity index (χ1n) is 6.32. The number of rotatable bonds is 5. The van der Waals surface area contributed by atoms with Crippen LogP contribution < -0.4 is 5.32 Å². The van der Waals surface area contributed by atoms with Crippen molar-refractivity contribution in [1.29, 1.82) is 0 Å². The van der Waals surface area contributed by atoms with Crippen LogP contribution in [-0.2, 0) is 0 Å². The summed E-state index contributed by atoms with van der Waals surface area (Å²) in [5, 5.41) is 12.0. The van der Waals surface area contributed by atoms with E-state index in [4.69, 9.17) is 5.11 Å². The van der Waals surface area contributed by atoms with Crippen molar-refractivity contribution < 1.29 is 13.9 Å². The molecule has 4 heteroatoms. The maximum atomic E-state index is 12.1. The Bertz CT molecular complexity index is 391. The van der Waals surface area contributed by atoms with E-state index in [2.05, 4.69) is 30.4 Å². The molecule has 0 amide bonds. The number of hydrogen-bond donors (Lipinski definition) is 2. The Morgan fingerprint density at radius 3 is 2.72 bits per heavy atom. The average molecular weight is 255 g/mol. The fraction of sp³-hybridized carbons (Fsp3) is 0.571. The highest BCUT2D eigenvalue weighted by Crippen LogP contribution is 2.37. The number of aliphatic hydroxyl groups excluding tert-OH is 1. The first-order valence-corrected chi connectivity index (χ1v) is 6.32. The van der Waals surface area contributed by atoms with Crippen LogP contribution in [0.3, 0.4) is 0 Å². The van der Waals surface area contributed by atoms with Gasteiger partial charge in [0.05, 0.1) is 0 Å². The summed E-state index contributed by atoms with van der Waals surface area (Å²) < 4.78 is 24.2. The van der Waals surface area contributed by atoms with Crippen molar-refractivity contribution in [1.82, 2.24) is 5.32 Å². The number of aliphatic hydroxyl groups is 1. The number of aryl methyl sites for hydroxylation is 1. The lowest BCUT2D eigenvalue weighted by molar-refractivity contribution is -0.00634. The molecule has 1 saturated carbocycles. The smallest absolute Gasteiger partial charge is 0.265 e. The largest absolute Gasteiger partial charge is 0.386 e. The van der Waals surface area contributed by atoms with Gasteiger partial charge in [0.1, 0.15) is 6.10 Å². The van der Waals surface area contributed by atoms with E-state index in [0.29, 0.717) is 5.92 Å². The molecule has 1 fully saturated rings. The maximum Gasteiger partial charge on any atom is 0.265 e. The zero-order valence-electron chi connectivity index (χ0n) is 10.4. The van der Waals surface area contributed by atoms with Crippen LogP contribution in [-0.4, -0.2) is 30.2 Å². The van der Waals surface area contributed by atoms with Crippen LogP contribution >= 0.6 is 0 Å². The summed E-state index contributed by atoms with van der Waals surface area (Å²) in [4.78, 5) is 0. The van der Waals surface area contributed by atoms with Gasteiger partial charge >= 0.3 is 0 Å². The molecule has 1 aliphatic rings. The SMILES string of the molecule is Cc1cccc(C2CC(NCC(O)C(F)F)C2)c1. The van der Waals surface area contributed by atoms with Crippen LogP contribution in [0.25, 0.3) is 0 Å². The second-order valence-electron chi connectivity index (χ2n) is 5.09. The number of nitrogens with one attached hydrogen (secondary N) is 1. The van der Waals surface area contributed by atoms with Crippen molar-refractivity contribution in [3.05, 3.63) is 35.4 Å². The Morgan fingerprint density at radius 1 is 1.39 bits per heavy atom. The van der Waals surface area contributed by atoms with Gasteiger partial charge in [0, 0.05) is 12.6 Å². The summed E-state index contributed by atoms with van der Waals surface area (Å²) in [5.74, 6) is 0.520. The molecular weight excluding hydrogens is 236 g/mol. The van der Waals surface area contributed by atoms with Gasteiger partial charge in [-0.2, -0.15) is 0 Å². The molecule has 0 saturated heterocycles. The Morgan fingerprint density at radius 2 is 2.11 bits per heavy atom. The molecule has 0 bridgehead atoms. The Kier molecular flexibility index (Phi) is 4.30. The predicted molar refractivity (Wildman–Crippen MR) is 67.0 cm³/mol. The van der Waals surface area contributed by atoms with Gasteiger partial charge in [-0.25, -0.2) is 8.78 Å². The number of hydrogen-bond acceptors (Lipinski definition) is 2. The van der Waals surface area contributed by atoms with E-state index in [0.717, 1.165) is 12.8 Å². The molecule has 0 radical (unpaired) electrons. The minimum absolute atomic E-state index is 0.0249. The van der Waals surface area contributed by atoms with Crippen LogP contribution in [0.5, 0.6) is 0 Å². The van der Waals surface area contributed by atoms with E-state index >= 15 is 0 Å². The van der Waals surface area contributed by atoms with Crippen LogP contribution in [0.4, 0.5) is 8.78 Å². The van der Waals surface area contributed by atoms with Crippen LogP contribution in [0.15, 0.2) is 24.3 Å². The van der Waals surface area contributed by atoms with Gasteiger partial charge in [0.25, 0.3) is 6.43 Å². The first kappa shape index (κ1) is 13.4. The standard InChI is InChI=1S/C14H19F2NO/c1-9-3-2-4-10(5-9)11-6-12(7-11)17-8-13(18)14(15)16/h2-5,11-14,17-18H,6-8H2,1H3. The molecule has 0 aliphatic heterocycles. The number of halogens is 2. The topological polar surface area (TPSA) is 32.3 Å². The number of alkyl halides is 2. The Hall–Kier alpha value is -1.00. The van der Waals surface area contributed by atoms with E-state index in [-0.39, 0.29) is 12.6 Å². The minimum Gasteiger partial charge on any atom is -0.386 e. The van der Waals surface area contributed by atoms with Gasteiger partial charge in [-0.3, -0.25) is 0 Å². The molecule has 1 aliphatic carbocycles. The molecule has 1 aromatic rings. The fourth-order valence-corrected chi connectivity index (χ4v) is 2.36. The lowest BCUT2D eigenvalue weighted by Gasteiger charge is -2.37. The maximum absolute atomic E-state index is 12.1. The number of benzene rings is 1. The van der Waals surface area contributed by atoms with Crippen LogP contribution in [0.1, 0.15) is 29.9 Å². The highest BCUT2D eigenvalue weighted by molar-refractivity contribution is 5.27. The van der Waals surface area contributed by atoms with Crippen molar-refractivity contribution in [2.24, 2.45) is 0 Å². The van der Waals surface area contributed by atoms with E-state index in [1.54, 1.807) is 0 Å². The van der Waals surface area contributed by atoms with Gasteiger partial charge < -0.3 is 10.4 Å². The second kappa shape index (κ2) is 5.76. The van der Waals surface area contributed by atoms with E-state index < -0.39 is 12.5 Å². The molecule has 0 aromatic heterocycles. The van der Waals surface area contributed by atoms with E-state index in [9.17, 15) is 8.78 Å². The second-order valence-corrected chi connectivity index (χ2v) is 5.09. The highest BCUT2D eigenvalue weighted by Gasteiger charge is 2.30. The average Bonchev–Trinajstić information content (AvgIpc) is 2.26. The molecule has 18 heavy (non-hydrogen) atoms. The third-order valence-electron chi connectivity index (χ3n) is 3.56. The van der Waals surface area contributed by atoms with Gasteiger partial charge in [-0.1, -0.05) is 29.8 Å². The van der Waals surface area contributed by atoms with Gasteiger partial charge in [0.2, 0.25) is 0 Å². The lowest BCUT2D eigenvalue weighted by atomic mass is 9.75. The fourth-order valence-electron chi connectivity index (χ4n) is 2.36. The summed E-state index contributed by atoms with van der Waals surface area (Å²) >= 11 is 0. The molecule has 1 aromatic carbocycles. The molecule has 1 unspecified atom stereocenters. The third-order valence-corrected chi connectivity index (χ3v) is 3.56. The summed E-state index contributed by atoms with van der Waals surface area (Å²) in [7, 11) is 0. The summed E-state index contributed by atoms with van der Waals surface area (Å²) in [6, 6.07) is 8.66. The predicted octanol–water partition coefficient (Wildman–Crippen LogP) is 2.46. The molecule has 0 spiro atoms. The highest BCUT2D eigenvalue weighted by atomic mass is 19.3. The van der Waals surface area contributed by atoms with Crippen molar-refractivity contribution in [3.8, 4) is 0 Å². The van der Waals surface area contributed by atoms with Crippen molar-refractivity contribution in [2.75, 3.05) is 6.54 Å². The first-order chi connectivity index (χ1) is 8.56. The Labute approximate surface area is 106 Å². The normalized spacial score (nSPS) is 24.9. The van der Waals surface area contributed by atoms with Crippen molar-refractivity contribution in [3.63, 3.8) is 0 Å². The van der Waals surface area contributed by atoms with Crippen LogP contribution in [0.2, 0.25) is 0 Å². The monoisotopic (exact) mass is 255 g/mol. The van der Waals surface area contributed by atoms with Crippen molar-refractivity contribution in [2.45, 2.75) is 44.3 Å². The van der Waals surface area contributed by atoms with Crippen LogP contribution in [0, 0.1) is 6.92 Å². The lowest BCUT2D eigenvalue weighted by Crippen LogP contribution is -2.44. The molecule has 2 N–H and O–H groups in total. The van der Waals surface area contributed by atoms with Gasteiger partial charge in [-0.05, 0) is 31.2 Å². The quantitative estimate of drug-likeness (QED) is 0.847. The van der Waals surface area contributed by atoms with Gasteiger partial charge in [-0.15, -0.1) is 0 Å². The molecule has 0 heterocycles. The molecule has 2 rings (SSSR count). The summed E-state index contributed by atoms with van der Waals surface area (Å²) in [5.41, 5.74) is 2.57. The minimum atomic E-state index is -2.66. The zero-order chi connectivity index (χ0) is 13.1. The Balaban J connectivity index is 1.74. The molecule has 100 valence electrons. The van der Waals surface area contributed by atoms with Crippen molar-refractivity contribution >= 4 is 0 Å². The molecule has 1 atom stereocenters. The van der Waals surface area contributed by atoms with E-state index in [1.807, 2.05) is 6.07 Å². The summed E-state index contributed by atoms with van der Waals surface area (Å²) in [6.07, 6.45) is -2.30. The summed E-state index contributed by atoms with van der Waals surface area (Å²) in [6.45, 7) is 2.04. The van der Waals surface area contributed by atoms with E-state index in [1.165, 1.54) is 11.1 Å².